The van der Waals surface area contributed by atoms with E-state index in [1.54, 1.807) is 17.6 Å². The molecule has 2 heterocycles. The third-order valence-electron chi connectivity index (χ3n) is 4.53. The molecule has 0 aliphatic heterocycles. The lowest BCUT2D eigenvalue weighted by Crippen LogP contribution is -2.16. The van der Waals surface area contributed by atoms with E-state index in [9.17, 15) is 9.59 Å². The minimum Gasteiger partial charge on any atom is -0.462 e. The van der Waals surface area contributed by atoms with Gasteiger partial charge < -0.3 is 10.1 Å². The quantitative estimate of drug-likeness (QED) is 0.467. The van der Waals surface area contributed by atoms with Crippen LogP contribution in [-0.2, 0) is 11.3 Å². The van der Waals surface area contributed by atoms with Crippen molar-refractivity contribution in [3.05, 3.63) is 93.6 Å². The van der Waals surface area contributed by atoms with E-state index in [4.69, 9.17) is 4.74 Å². The fourth-order valence-corrected chi connectivity index (χ4v) is 4.39. The number of nitrogens with zero attached hydrogens (tertiary/aromatic N) is 1. The summed E-state index contributed by atoms with van der Waals surface area (Å²) in [6.45, 7) is 2.63. The second-order valence-electron chi connectivity index (χ2n) is 6.43. The number of esters is 1. The van der Waals surface area contributed by atoms with Crippen LogP contribution >= 0.6 is 11.3 Å². The van der Waals surface area contributed by atoms with Crippen molar-refractivity contribution in [2.45, 2.75) is 13.5 Å². The predicted octanol–water partition coefficient (Wildman–Crippen LogP) is 4.84. The monoisotopic (exact) mass is 404 g/mol. The molecular formula is C23H20N2O3S. The molecule has 5 nitrogen and oxygen atoms in total. The summed E-state index contributed by atoms with van der Waals surface area (Å²) in [6, 6.07) is 22.7. The molecule has 0 aliphatic carbocycles. The summed E-state index contributed by atoms with van der Waals surface area (Å²) in [4.78, 5) is 26.5. The molecule has 0 spiro atoms. The van der Waals surface area contributed by atoms with Gasteiger partial charge in [-0.15, -0.1) is 11.3 Å². The number of ether oxygens (including phenoxy) is 1. The van der Waals surface area contributed by atoms with Crippen molar-refractivity contribution in [1.82, 2.24) is 4.57 Å². The second-order valence-corrected chi connectivity index (χ2v) is 7.43. The Hall–Kier alpha value is -3.38. The molecule has 2 aromatic heterocycles. The summed E-state index contributed by atoms with van der Waals surface area (Å²) in [5.41, 5.74) is 2.40. The first-order valence-electron chi connectivity index (χ1n) is 9.38. The second kappa shape index (κ2) is 8.32. The van der Waals surface area contributed by atoms with Gasteiger partial charge in [-0.25, -0.2) is 4.79 Å². The van der Waals surface area contributed by atoms with Gasteiger partial charge in [-0.1, -0.05) is 48.5 Å². The van der Waals surface area contributed by atoms with Crippen molar-refractivity contribution in [1.29, 1.82) is 0 Å². The van der Waals surface area contributed by atoms with E-state index in [0.717, 1.165) is 16.6 Å². The zero-order chi connectivity index (χ0) is 20.2. The van der Waals surface area contributed by atoms with Crippen LogP contribution in [0.1, 0.15) is 22.2 Å². The van der Waals surface area contributed by atoms with E-state index in [-0.39, 0.29) is 12.2 Å². The maximum atomic E-state index is 12.7. The lowest BCUT2D eigenvalue weighted by molar-refractivity contribution is 0.0533. The summed E-state index contributed by atoms with van der Waals surface area (Å²) >= 11 is 1.27. The normalized spacial score (nSPS) is 10.8. The van der Waals surface area contributed by atoms with Gasteiger partial charge in [-0.2, -0.15) is 0 Å². The Morgan fingerprint density at radius 2 is 1.69 bits per heavy atom. The van der Waals surface area contributed by atoms with Crippen molar-refractivity contribution in [3.8, 4) is 5.69 Å². The third-order valence-corrected chi connectivity index (χ3v) is 5.70. The molecule has 0 aliphatic rings. The first-order chi connectivity index (χ1) is 14.2. The number of pyridine rings is 1. The largest absolute Gasteiger partial charge is 0.462 e. The molecule has 0 saturated carbocycles. The molecule has 0 bridgehead atoms. The SMILES string of the molecule is CCOC(=O)c1sc2c(ccc(=O)n2-c2ccccc2)c1NCc1ccccc1. The molecule has 0 fully saturated rings. The molecule has 0 unspecified atom stereocenters. The number of hydrogen-bond acceptors (Lipinski definition) is 5. The average Bonchev–Trinajstić information content (AvgIpc) is 3.12. The first kappa shape index (κ1) is 19.0. The highest BCUT2D eigenvalue weighted by Crippen LogP contribution is 2.37. The number of thiophene rings is 1. The van der Waals surface area contributed by atoms with Crippen LogP contribution in [0.4, 0.5) is 5.69 Å². The van der Waals surface area contributed by atoms with Crippen molar-refractivity contribution < 1.29 is 9.53 Å². The first-order valence-corrected chi connectivity index (χ1v) is 10.2. The number of para-hydroxylation sites is 1. The van der Waals surface area contributed by atoms with E-state index in [1.807, 2.05) is 60.7 Å². The maximum absolute atomic E-state index is 12.7. The number of carbonyl (C=O) groups is 1. The van der Waals surface area contributed by atoms with Crippen LogP contribution in [0, 0.1) is 0 Å². The fourth-order valence-electron chi connectivity index (χ4n) is 3.21. The van der Waals surface area contributed by atoms with Gasteiger partial charge >= 0.3 is 5.97 Å². The number of aromatic nitrogens is 1. The molecule has 0 saturated heterocycles. The van der Waals surface area contributed by atoms with Gasteiger partial charge in [0.1, 0.15) is 9.71 Å². The molecule has 1 N–H and O–H groups in total. The number of carbonyl (C=O) groups excluding carboxylic acids is 1. The van der Waals surface area contributed by atoms with Gasteiger partial charge in [0.15, 0.2) is 0 Å². The Morgan fingerprint density at radius 3 is 2.38 bits per heavy atom. The number of rotatable bonds is 6. The minimum atomic E-state index is -0.392. The van der Waals surface area contributed by atoms with E-state index < -0.39 is 5.97 Å². The van der Waals surface area contributed by atoms with Gasteiger partial charge in [0.05, 0.1) is 18.0 Å². The van der Waals surface area contributed by atoms with Gasteiger partial charge in [0, 0.05) is 18.0 Å². The Balaban J connectivity index is 1.87. The zero-order valence-corrected chi connectivity index (χ0v) is 16.7. The Bertz CT molecular complexity index is 1200. The van der Waals surface area contributed by atoms with Crippen LogP contribution in [0.25, 0.3) is 15.9 Å². The Morgan fingerprint density at radius 1 is 1.00 bits per heavy atom. The highest BCUT2D eigenvalue weighted by molar-refractivity contribution is 7.21. The topological polar surface area (TPSA) is 60.3 Å². The lowest BCUT2D eigenvalue weighted by atomic mass is 10.2. The maximum Gasteiger partial charge on any atom is 0.350 e. The van der Waals surface area contributed by atoms with E-state index in [1.165, 1.54) is 17.4 Å². The third kappa shape index (κ3) is 3.79. The number of anilines is 1. The molecule has 4 aromatic rings. The van der Waals surface area contributed by atoms with Gasteiger partial charge in [-0.3, -0.25) is 9.36 Å². The summed E-state index contributed by atoms with van der Waals surface area (Å²) in [7, 11) is 0. The van der Waals surface area contributed by atoms with Gasteiger partial charge in [0.2, 0.25) is 0 Å². The van der Waals surface area contributed by atoms with Crippen LogP contribution in [0.2, 0.25) is 0 Å². The van der Waals surface area contributed by atoms with Crippen LogP contribution in [0.5, 0.6) is 0 Å². The smallest absolute Gasteiger partial charge is 0.350 e. The Labute approximate surface area is 172 Å². The van der Waals surface area contributed by atoms with Crippen LogP contribution in [0.15, 0.2) is 77.6 Å². The Kier molecular flexibility index (Phi) is 5.44. The molecule has 6 heteroatoms. The summed E-state index contributed by atoms with van der Waals surface area (Å²) < 4.78 is 6.91. The molecule has 0 amide bonds. The van der Waals surface area contributed by atoms with E-state index in [2.05, 4.69) is 5.32 Å². The highest BCUT2D eigenvalue weighted by atomic mass is 32.1. The highest BCUT2D eigenvalue weighted by Gasteiger charge is 2.22. The van der Waals surface area contributed by atoms with Crippen molar-refractivity contribution in [2.75, 3.05) is 11.9 Å². The standard InChI is InChI=1S/C23H20N2O3S/c1-2-28-23(27)21-20(24-15-16-9-5-3-6-10-16)18-13-14-19(26)25(22(18)29-21)17-11-7-4-8-12-17/h3-14,24H,2,15H2,1H3. The molecular weight excluding hydrogens is 384 g/mol. The zero-order valence-electron chi connectivity index (χ0n) is 15.9. The fraction of sp³-hybridized carbons (Fsp3) is 0.130. The number of fused-ring (bicyclic) bond motifs is 1. The summed E-state index contributed by atoms with van der Waals surface area (Å²) in [6.07, 6.45) is 0. The predicted molar refractivity (Wildman–Crippen MR) is 117 cm³/mol. The molecule has 4 rings (SSSR count). The molecule has 0 atom stereocenters. The number of nitrogens with one attached hydrogen (secondary N) is 1. The summed E-state index contributed by atoms with van der Waals surface area (Å²) in [5.74, 6) is -0.392. The number of hydrogen-bond donors (Lipinski definition) is 1. The summed E-state index contributed by atoms with van der Waals surface area (Å²) in [5, 5.41) is 4.20. The molecule has 2 aromatic carbocycles. The molecule has 29 heavy (non-hydrogen) atoms. The van der Waals surface area contributed by atoms with E-state index in [0.29, 0.717) is 21.9 Å². The average molecular weight is 404 g/mol. The van der Waals surface area contributed by atoms with Crippen molar-refractivity contribution >= 4 is 33.2 Å². The minimum absolute atomic E-state index is 0.144. The van der Waals surface area contributed by atoms with Crippen LogP contribution in [-0.4, -0.2) is 17.1 Å². The van der Waals surface area contributed by atoms with Gasteiger partial charge in [-0.05, 0) is 30.7 Å². The molecule has 146 valence electrons. The van der Waals surface area contributed by atoms with Gasteiger partial charge in [0.25, 0.3) is 5.56 Å². The van der Waals surface area contributed by atoms with Crippen molar-refractivity contribution in [3.63, 3.8) is 0 Å². The van der Waals surface area contributed by atoms with Crippen LogP contribution < -0.4 is 10.9 Å². The molecule has 0 radical (unpaired) electrons. The van der Waals surface area contributed by atoms with Crippen molar-refractivity contribution in [2.24, 2.45) is 0 Å². The number of benzene rings is 2. The van der Waals surface area contributed by atoms with E-state index >= 15 is 0 Å². The van der Waals surface area contributed by atoms with Crippen LogP contribution in [0.3, 0.4) is 0 Å². The lowest BCUT2D eigenvalue weighted by Gasteiger charge is -2.09.